The number of aromatic nitrogens is 2. The summed E-state index contributed by atoms with van der Waals surface area (Å²) in [6.07, 6.45) is 5.52. The largest absolute Gasteiger partial charge is 0.381 e. The van der Waals surface area contributed by atoms with Crippen LogP contribution < -0.4 is 0 Å². The normalized spacial score (nSPS) is 29.6. The Morgan fingerprint density at radius 2 is 2.18 bits per heavy atom. The van der Waals surface area contributed by atoms with Gasteiger partial charge in [-0.1, -0.05) is 5.16 Å². The maximum atomic E-state index is 5.66. The van der Waals surface area contributed by atoms with Gasteiger partial charge in [0.25, 0.3) is 0 Å². The highest BCUT2D eigenvalue weighted by atomic mass is 16.5. The molecule has 0 aromatic carbocycles. The summed E-state index contributed by atoms with van der Waals surface area (Å²) in [5.74, 6) is 1.83. The van der Waals surface area contributed by atoms with Crippen molar-refractivity contribution in [2.45, 2.75) is 44.1 Å². The molecule has 94 valence electrons. The summed E-state index contributed by atoms with van der Waals surface area (Å²) in [6.45, 7) is 2.39. The van der Waals surface area contributed by atoms with E-state index in [1.165, 1.54) is 12.8 Å². The van der Waals surface area contributed by atoms with Gasteiger partial charge in [0.1, 0.15) is 0 Å². The van der Waals surface area contributed by atoms with E-state index in [0.717, 1.165) is 44.9 Å². The molecule has 2 saturated heterocycles. The summed E-state index contributed by atoms with van der Waals surface area (Å²) < 4.78 is 16.3. The van der Waals surface area contributed by atoms with Crippen molar-refractivity contribution in [2.75, 3.05) is 19.8 Å². The molecule has 0 radical (unpaired) electrons. The lowest BCUT2D eigenvalue weighted by Gasteiger charge is -2.20. The molecule has 2 aliphatic rings. The first-order valence-corrected chi connectivity index (χ1v) is 6.43. The third-order valence-electron chi connectivity index (χ3n) is 3.45. The molecule has 0 amide bonds. The van der Waals surface area contributed by atoms with E-state index in [2.05, 4.69) is 10.1 Å². The number of hydrogen-bond acceptors (Lipinski definition) is 5. The molecule has 0 N–H and O–H groups in total. The molecule has 3 heterocycles. The quantitative estimate of drug-likeness (QED) is 0.802. The van der Waals surface area contributed by atoms with E-state index in [0.29, 0.717) is 11.8 Å². The fourth-order valence-corrected chi connectivity index (χ4v) is 2.42. The number of hydrogen-bond donors (Lipinski definition) is 0. The second-order valence-electron chi connectivity index (χ2n) is 4.80. The maximum absolute atomic E-state index is 5.66. The summed E-state index contributed by atoms with van der Waals surface area (Å²) in [5, 5.41) is 4.04. The van der Waals surface area contributed by atoms with Gasteiger partial charge in [-0.15, -0.1) is 0 Å². The molecule has 2 fully saturated rings. The van der Waals surface area contributed by atoms with Gasteiger partial charge in [-0.2, -0.15) is 4.98 Å². The third-order valence-corrected chi connectivity index (χ3v) is 3.45. The highest BCUT2D eigenvalue weighted by molar-refractivity contribution is 4.98. The Kier molecular flexibility index (Phi) is 3.38. The minimum absolute atomic E-state index is 0.261. The van der Waals surface area contributed by atoms with Crippen LogP contribution in [-0.2, 0) is 15.9 Å². The molecule has 5 nitrogen and oxygen atoms in total. The van der Waals surface area contributed by atoms with Crippen molar-refractivity contribution in [3.8, 4) is 0 Å². The molecule has 2 aliphatic heterocycles. The van der Waals surface area contributed by atoms with Crippen LogP contribution in [-0.4, -0.2) is 36.1 Å². The zero-order chi connectivity index (χ0) is 11.5. The van der Waals surface area contributed by atoms with Crippen LogP contribution in [0.15, 0.2) is 4.52 Å². The second-order valence-corrected chi connectivity index (χ2v) is 4.80. The van der Waals surface area contributed by atoms with Crippen molar-refractivity contribution in [3.05, 3.63) is 11.7 Å². The summed E-state index contributed by atoms with van der Waals surface area (Å²) in [7, 11) is 0. The molecule has 0 aliphatic carbocycles. The van der Waals surface area contributed by atoms with Gasteiger partial charge in [0.15, 0.2) is 5.82 Å². The average Bonchev–Trinajstić information content (AvgIpc) is 3.00. The summed E-state index contributed by atoms with van der Waals surface area (Å²) >= 11 is 0. The molecule has 1 aromatic rings. The van der Waals surface area contributed by atoms with Crippen LogP contribution in [0.3, 0.4) is 0 Å². The van der Waals surface area contributed by atoms with Gasteiger partial charge in [0.2, 0.25) is 5.89 Å². The Labute approximate surface area is 100 Å². The van der Waals surface area contributed by atoms with Gasteiger partial charge in [0.05, 0.1) is 19.1 Å². The van der Waals surface area contributed by atoms with Crippen LogP contribution in [0.5, 0.6) is 0 Å². The van der Waals surface area contributed by atoms with E-state index in [1.54, 1.807) is 0 Å². The minimum Gasteiger partial charge on any atom is -0.381 e. The molecule has 3 rings (SSSR count). The first-order valence-electron chi connectivity index (χ1n) is 6.43. The first-order chi connectivity index (χ1) is 8.42. The van der Waals surface area contributed by atoms with Crippen molar-refractivity contribution in [1.82, 2.24) is 10.1 Å². The predicted octanol–water partition coefficient (Wildman–Crippen LogP) is 1.69. The lowest BCUT2D eigenvalue weighted by atomic mass is 10.1. The topological polar surface area (TPSA) is 57.4 Å². The lowest BCUT2D eigenvalue weighted by molar-refractivity contribution is 0.0124. The van der Waals surface area contributed by atoms with E-state index in [-0.39, 0.29) is 6.10 Å². The Hall–Kier alpha value is -0.940. The van der Waals surface area contributed by atoms with E-state index in [4.69, 9.17) is 14.0 Å². The van der Waals surface area contributed by atoms with Crippen LogP contribution in [0.4, 0.5) is 0 Å². The van der Waals surface area contributed by atoms with Crippen LogP contribution in [0.2, 0.25) is 0 Å². The van der Waals surface area contributed by atoms with Gasteiger partial charge in [0, 0.05) is 19.1 Å². The standard InChI is InChI=1S/C12H18N2O3/c1-2-5-16-10(3-1)7-11-13-12(14-17-11)9-4-6-15-8-9/h9-10H,1-8H2/t9-,10-/m0/s1. The Morgan fingerprint density at radius 1 is 1.18 bits per heavy atom. The summed E-state index contributed by atoms with van der Waals surface area (Å²) in [6, 6.07) is 0. The van der Waals surface area contributed by atoms with Crippen LogP contribution in [0.25, 0.3) is 0 Å². The molecule has 0 bridgehead atoms. The summed E-state index contributed by atoms with van der Waals surface area (Å²) in [4.78, 5) is 4.45. The van der Waals surface area contributed by atoms with Gasteiger partial charge >= 0.3 is 0 Å². The molecule has 1 aromatic heterocycles. The molecule has 0 saturated carbocycles. The van der Waals surface area contributed by atoms with Crippen molar-refractivity contribution in [3.63, 3.8) is 0 Å². The molecular weight excluding hydrogens is 220 g/mol. The molecular formula is C12H18N2O3. The van der Waals surface area contributed by atoms with E-state index in [9.17, 15) is 0 Å². The van der Waals surface area contributed by atoms with Crippen molar-refractivity contribution in [2.24, 2.45) is 0 Å². The van der Waals surface area contributed by atoms with Crippen molar-refractivity contribution < 1.29 is 14.0 Å². The van der Waals surface area contributed by atoms with Gasteiger partial charge in [-0.05, 0) is 25.7 Å². The van der Waals surface area contributed by atoms with Gasteiger partial charge < -0.3 is 14.0 Å². The number of ether oxygens (including phenoxy) is 2. The predicted molar refractivity (Wildman–Crippen MR) is 59.8 cm³/mol. The first kappa shape index (κ1) is 11.2. The van der Waals surface area contributed by atoms with E-state index in [1.807, 2.05) is 0 Å². The van der Waals surface area contributed by atoms with Crippen LogP contribution in [0, 0.1) is 0 Å². The van der Waals surface area contributed by atoms with Crippen LogP contribution in [0.1, 0.15) is 43.3 Å². The Morgan fingerprint density at radius 3 is 2.94 bits per heavy atom. The zero-order valence-electron chi connectivity index (χ0n) is 9.93. The fraction of sp³-hybridized carbons (Fsp3) is 0.833. The average molecular weight is 238 g/mol. The highest BCUT2D eigenvalue weighted by Gasteiger charge is 2.24. The van der Waals surface area contributed by atoms with Gasteiger partial charge in [-0.3, -0.25) is 0 Å². The molecule has 5 heteroatoms. The molecule has 0 unspecified atom stereocenters. The van der Waals surface area contributed by atoms with Crippen molar-refractivity contribution >= 4 is 0 Å². The summed E-state index contributed by atoms with van der Waals surface area (Å²) in [5.41, 5.74) is 0. The van der Waals surface area contributed by atoms with Crippen LogP contribution >= 0.6 is 0 Å². The maximum Gasteiger partial charge on any atom is 0.229 e. The Balaban J connectivity index is 1.59. The molecule has 2 atom stereocenters. The number of rotatable bonds is 3. The minimum atomic E-state index is 0.261. The number of nitrogens with zero attached hydrogens (tertiary/aromatic N) is 2. The lowest BCUT2D eigenvalue weighted by Crippen LogP contribution is -2.21. The molecule has 17 heavy (non-hydrogen) atoms. The van der Waals surface area contributed by atoms with E-state index >= 15 is 0 Å². The highest BCUT2D eigenvalue weighted by Crippen LogP contribution is 2.23. The van der Waals surface area contributed by atoms with Gasteiger partial charge in [-0.25, -0.2) is 0 Å². The Bertz CT molecular complexity index is 354. The van der Waals surface area contributed by atoms with Crippen molar-refractivity contribution in [1.29, 1.82) is 0 Å². The van der Waals surface area contributed by atoms with E-state index < -0.39 is 0 Å². The SMILES string of the molecule is C1CC[C@@H](Cc2nc([C@H]3CCOC3)no2)OC1. The molecule has 0 spiro atoms. The smallest absolute Gasteiger partial charge is 0.229 e. The fourth-order valence-electron chi connectivity index (χ4n) is 2.42. The third kappa shape index (κ3) is 2.66. The second kappa shape index (κ2) is 5.14. The zero-order valence-corrected chi connectivity index (χ0v) is 9.93. The monoisotopic (exact) mass is 238 g/mol.